The Morgan fingerprint density at radius 1 is 0.673 bits per heavy atom. The summed E-state index contributed by atoms with van der Waals surface area (Å²) in [4.78, 5) is 28.9. The summed E-state index contributed by atoms with van der Waals surface area (Å²) in [6, 6.07) is 19.9. The molecule has 0 spiro atoms. The second kappa shape index (κ2) is 14.9. The Labute approximate surface area is 288 Å². The minimum Gasteiger partial charge on any atom is -0.481 e. The van der Waals surface area contributed by atoms with E-state index in [2.05, 4.69) is 19.4 Å². The predicted octanol–water partition coefficient (Wildman–Crippen LogP) is 3.56. The third-order valence-corrected chi connectivity index (χ3v) is 8.84. The number of carbonyl (C=O) groups is 1. The van der Waals surface area contributed by atoms with E-state index in [1.54, 1.807) is 36.4 Å². The Morgan fingerprint density at radius 3 is 1.49 bits per heavy atom. The molecule has 4 aromatic carbocycles. The number of amidine groups is 2. The average Bonchev–Trinajstić information content (AvgIpc) is 3.01. The van der Waals surface area contributed by atoms with Crippen molar-refractivity contribution in [1.82, 2.24) is 0 Å². The van der Waals surface area contributed by atoms with E-state index >= 15 is 0 Å². The molecule has 4 aromatic rings. The number of hydrogen-bond donors (Lipinski definition) is 5. The molecular weight excluding hydrogens is 728 g/mol. The van der Waals surface area contributed by atoms with Gasteiger partial charge in [-0.2, -0.15) is 16.8 Å². The Hall–Kier alpha value is -5.89. The van der Waals surface area contributed by atoms with Gasteiger partial charge in [0.2, 0.25) is 0 Å². The summed E-state index contributed by atoms with van der Waals surface area (Å²) in [6.07, 6.45) is 0. The molecule has 21 heteroatoms. The normalized spacial score (nSPS) is 14.3. The molecule has 0 saturated heterocycles. The Kier molecular flexibility index (Phi) is 11.4. The standard InChI is InChI=1S/C13H8N4O6S.C13H12N4O2S.C2H4O2.Fe/c18-16(19)9-3-1-8(2-4-9)13-14-11-6-5-10(17(20)21)7-12(11)24(22,23)15-13;14-9-3-1-8(2-4-9)13-16-11-6-5-10(15)7-12(11)20(18,19)17-13;1-2(3)4;/h1-7H,(H,14,15);1-7H,14-15H2,(H,16,17);1H3,(H,3,4);. The van der Waals surface area contributed by atoms with Gasteiger partial charge in [0.15, 0.2) is 11.7 Å². The molecule has 0 bridgehead atoms. The van der Waals surface area contributed by atoms with Crippen molar-refractivity contribution in [3.63, 3.8) is 0 Å². The van der Waals surface area contributed by atoms with Crippen LogP contribution in [0.3, 0.4) is 0 Å². The Balaban J connectivity index is 0.000000238. The van der Waals surface area contributed by atoms with E-state index in [4.69, 9.17) is 21.4 Å². The van der Waals surface area contributed by atoms with Crippen LogP contribution in [0, 0.1) is 20.2 Å². The molecule has 18 nitrogen and oxygen atoms in total. The van der Waals surface area contributed by atoms with Crippen LogP contribution in [-0.4, -0.2) is 49.4 Å². The SMILES string of the molecule is CC(=O)O.Nc1ccc(C2=NS(=O)(=O)c3cc(N)ccc3N2)cc1.O=[N+]([O-])c1ccc(C2=NS(=O)(=O)c3cc([N+](=O)[O-])ccc3N2)cc1.[Fe]. The van der Waals surface area contributed by atoms with Gasteiger partial charge in [0, 0.05) is 70.8 Å². The van der Waals surface area contributed by atoms with Crippen LogP contribution in [0.25, 0.3) is 0 Å². The molecule has 0 radical (unpaired) electrons. The molecule has 2 aliphatic rings. The number of rotatable bonds is 4. The number of carboxylic acid groups (broad SMARTS) is 1. The number of nitro benzene ring substituents is 2. The zero-order chi connectivity index (χ0) is 35.4. The second-order valence-electron chi connectivity index (χ2n) is 9.72. The van der Waals surface area contributed by atoms with Gasteiger partial charge in [-0.25, -0.2) is 0 Å². The number of nitrogens with zero attached hydrogens (tertiary/aromatic N) is 4. The van der Waals surface area contributed by atoms with Crippen LogP contribution in [0.5, 0.6) is 0 Å². The van der Waals surface area contributed by atoms with E-state index in [0.29, 0.717) is 28.2 Å². The summed E-state index contributed by atoms with van der Waals surface area (Å²) in [6.45, 7) is 1.08. The zero-order valence-electron chi connectivity index (χ0n) is 24.8. The fourth-order valence-electron chi connectivity index (χ4n) is 4.07. The predicted molar refractivity (Wildman–Crippen MR) is 176 cm³/mol. The fraction of sp³-hybridized carbons (Fsp3) is 0.0357. The summed E-state index contributed by atoms with van der Waals surface area (Å²) in [7, 11) is -7.89. The minimum atomic E-state index is -4.13. The number of sulfonamides is 2. The molecule has 0 aliphatic carbocycles. The van der Waals surface area contributed by atoms with E-state index in [-0.39, 0.29) is 55.6 Å². The first-order chi connectivity index (χ1) is 22.5. The van der Waals surface area contributed by atoms with Crippen molar-refractivity contribution >= 4 is 71.8 Å². The van der Waals surface area contributed by atoms with Gasteiger partial charge in [0.05, 0.1) is 21.2 Å². The number of carboxylic acids is 1. The number of fused-ring (bicyclic) bond motifs is 2. The van der Waals surface area contributed by atoms with Crippen molar-refractivity contribution < 1.29 is 53.7 Å². The van der Waals surface area contributed by atoms with Crippen molar-refractivity contribution in [3.05, 3.63) is 116 Å². The van der Waals surface area contributed by atoms with E-state index in [0.717, 1.165) is 13.0 Å². The number of anilines is 4. The largest absolute Gasteiger partial charge is 0.481 e. The number of hydrogen-bond acceptors (Lipinski definition) is 13. The van der Waals surface area contributed by atoms with Crippen LogP contribution in [-0.2, 0) is 41.9 Å². The average molecular weight is 753 g/mol. The van der Waals surface area contributed by atoms with E-state index < -0.39 is 35.9 Å². The van der Waals surface area contributed by atoms with Crippen molar-refractivity contribution in [1.29, 1.82) is 0 Å². The van der Waals surface area contributed by atoms with Gasteiger partial charge in [-0.1, -0.05) is 0 Å². The molecule has 0 aromatic heterocycles. The smallest absolute Gasteiger partial charge is 0.300 e. The maximum Gasteiger partial charge on any atom is 0.300 e. The van der Waals surface area contributed by atoms with Crippen LogP contribution in [0.15, 0.2) is 104 Å². The van der Waals surface area contributed by atoms with Crippen molar-refractivity contribution in [2.45, 2.75) is 16.7 Å². The number of aliphatic carboxylic acids is 1. The molecule has 0 fully saturated rings. The van der Waals surface area contributed by atoms with Crippen molar-refractivity contribution in [2.75, 3.05) is 22.1 Å². The number of nitrogens with two attached hydrogens (primary N) is 2. The first kappa shape index (κ1) is 37.6. The van der Waals surface area contributed by atoms with Gasteiger partial charge in [0.1, 0.15) is 9.79 Å². The summed E-state index contributed by atoms with van der Waals surface area (Å²) < 4.78 is 56.2. The van der Waals surface area contributed by atoms with Crippen LogP contribution in [0.1, 0.15) is 18.1 Å². The molecule has 2 aliphatic heterocycles. The first-order valence-corrected chi connectivity index (χ1v) is 16.1. The van der Waals surface area contributed by atoms with Gasteiger partial charge in [-0.3, -0.25) is 25.0 Å². The van der Waals surface area contributed by atoms with Crippen LogP contribution in [0.2, 0.25) is 0 Å². The zero-order valence-corrected chi connectivity index (χ0v) is 27.6. The quantitative estimate of drug-likeness (QED) is 0.0862. The number of nitrogen functional groups attached to an aromatic ring is 2. The van der Waals surface area contributed by atoms with Crippen LogP contribution < -0.4 is 22.1 Å². The molecule has 0 saturated carbocycles. The van der Waals surface area contributed by atoms with Gasteiger partial charge >= 0.3 is 0 Å². The molecule has 0 amide bonds. The van der Waals surface area contributed by atoms with E-state index in [9.17, 15) is 37.1 Å². The van der Waals surface area contributed by atoms with Crippen molar-refractivity contribution in [2.24, 2.45) is 8.80 Å². The summed E-state index contributed by atoms with van der Waals surface area (Å²) in [5, 5.41) is 34.6. The van der Waals surface area contributed by atoms with Gasteiger partial charge in [0.25, 0.3) is 37.4 Å². The topological polar surface area (TPSA) is 293 Å². The Morgan fingerprint density at radius 2 is 1.04 bits per heavy atom. The first-order valence-electron chi connectivity index (χ1n) is 13.2. The third kappa shape index (κ3) is 9.14. The molecular formula is C28H24FeN8O10S2. The Bertz CT molecular complexity index is 2220. The maximum absolute atomic E-state index is 12.2. The fourth-order valence-corrected chi connectivity index (χ4v) is 6.40. The van der Waals surface area contributed by atoms with E-state index in [1.165, 1.54) is 42.5 Å². The van der Waals surface area contributed by atoms with Crippen molar-refractivity contribution in [3.8, 4) is 0 Å². The van der Waals surface area contributed by atoms with Crippen LogP contribution >= 0.6 is 0 Å². The maximum atomic E-state index is 12.2. The minimum absolute atomic E-state index is 0. The molecule has 2 heterocycles. The number of benzene rings is 4. The van der Waals surface area contributed by atoms with Gasteiger partial charge in [-0.05, 0) is 60.7 Å². The number of nitrogens with one attached hydrogen (secondary N) is 2. The summed E-state index contributed by atoms with van der Waals surface area (Å²) >= 11 is 0. The molecule has 0 atom stereocenters. The summed E-state index contributed by atoms with van der Waals surface area (Å²) in [5.41, 5.74) is 13.3. The molecule has 0 unspecified atom stereocenters. The summed E-state index contributed by atoms with van der Waals surface area (Å²) in [5.74, 6) is -0.589. The van der Waals surface area contributed by atoms with Gasteiger partial charge < -0.3 is 27.2 Å². The number of non-ortho nitro benzene ring substituents is 2. The van der Waals surface area contributed by atoms with E-state index in [1.807, 2.05) is 0 Å². The van der Waals surface area contributed by atoms with Gasteiger partial charge in [-0.15, -0.1) is 8.80 Å². The van der Waals surface area contributed by atoms with Crippen LogP contribution in [0.4, 0.5) is 34.1 Å². The second-order valence-corrected chi connectivity index (χ2v) is 12.9. The molecule has 6 rings (SSSR count). The molecule has 256 valence electrons. The number of nitro groups is 2. The monoisotopic (exact) mass is 752 g/mol. The molecule has 7 N–H and O–H groups in total. The third-order valence-electron chi connectivity index (χ3n) is 6.20. The molecule has 49 heavy (non-hydrogen) atoms.